The van der Waals surface area contributed by atoms with Crippen molar-refractivity contribution in [1.29, 1.82) is 0 Å². The van der Waals surface area contributed by atoms with Crippen LogP contribution in [0.25, 0.3) is 16.8 Å². The number of benzene rings is 2. The second-order valence-corrected chi connectivity index (χ2v) is 9.83. The quantitative estimate of drug-likeness (QED) is 0.232. The van der Waals surface area contributed by atoms with Gasteiger partial charge in [0.2, 0.25) is 0 Å². The van der Waals surface area contributed by atoms with Crippen LogP contribution in [0.1, 0.15) is 95.2 Å². The molecule has 0 spiro atoms. The number of nitrogens with one attached hydrogen (secondary N) is 1. The number of aromatic nitrogens is 2. The maximum atomic E-state index is 12.3. The number of hydrogen-bond acceptors (Lipinski definition) is 4. The number of allylic oxidation sites excluding steroid dienone is 1. The van der Waals surface area contributed by atoms with E-state index in [9.17, 15) is 4.79 Å². The fraction of sp³-hybridized carbons (Fsp3) is 0.484. The number of carbonyl (C=O) groups is 1. The van der Waals surface area contributed by atoms with Crippen molar-refractivity contribution in [2.45, 2.75) is 91.6 Å². The van der Waals surface area contributed by atoms with E-state index in [1.165, 1.54) is 11.1 Å². The summed E-state index contributed by atoms with van der Waals surface area (Å²) in [5, 5.41) is 0. The zero-order valence-corrected chi connectivity index (χ0v) is 22.8. The summed E-state index contributed by atoms with van der Waals surface area (Å²) in [5.74, 6) is 2.30. The third kappa shape index (κ3) is 6.99. The highest BCUT2D eigenvalue weighted by Gasteiger charge is 2.17. The lowest BCUT2D eigenvalue weighted by Crippen LogP contribution is -2.23. The zero-order chi connectivity index (χ0) is 26.1. The Bertz CT molecular complexity index is 1180. The molecule has 3 rings (SSSR count). The largest absolute Gasteiger partial charge is 0.496 e. The molecule has 0 aliphatic rings. The lowest BCUT2D eigenvalue weighted by Gasteiger charge is -2.19. The molecule has 5 nitrogen and oxygen atoms in total. The summed E-state index contributed by atoms with van der Waals surface area (Å²) in [6, 6.07) is 12.7. The molecule has 0 aliphatic carbocycles. The van der Waals surface area contributed by atoms with E-state index in [0.717, 1.165) is 72.2 Å². The number of unbranched alkanes of at least 4 members (excludes halogenated alkanes) is 1. The number of H-pyrrole nitrogens is 1. The molecule has 36 heavy (non-hydrogen) atoms. The van der Waals surface area contributed by atoms with Crippen molar-refractivity contribution in [3.8, 4) is 5.75 Å². The highest BCUT2D eigenvalue weighted by Crippen LogP contribution is 2.33. The Morgan fingerprint density at radius 1 is 1.06 bits per heavy atom. The van der Waals surface area contributed by atoms with Crippen molar-refractivity contribution < 1.29 is 14.3 Å². The molecule has 0 fully saturated rings. The fourth-order valence-electron chi connectivity index (χ4n) is 4.81. The molecule has 194 valence electrons. The second kappa shape index (κ2) is 13.3. The fourth-order valence-corrected chi connectivity index (χ4v) is 4.81. The van der Waals surface area contributed by atoms with E-state index in [1.807, 2.05) is 26.0 Å². The van der Waals surface area contributed by atoms with Gasteiger partial charge in [0.25, 0.3) is 0 Å². The van der Waals surface area contributed by atoms with E-state index >= 15 is 0 Å². The Morgan fingerprint density at radius 2 is 1.86 bits per heavy atom. The van der Waals surface area contributed by atoms with Crippen LogP contribution in [-0.4, -0.2) is 29.0 Å². The molecule has 1 heterocycles. The summed E-state index contributed by atoms with van der Waals surface area (Å²) in [6.07, 6.45) is 8.11. The summed E-state index contributed by atoms with van der Waals surface area (Å²) in [4.78, 5) is 19.9. The Kier molecular flexibility index (Phi) is 10.2. The number of carbonyl (C=O) groups excluding carboxylic acids is 1. The zero-order valence-electron chi connectivity index (χ0n) is 22.8. The monoisotopic (exact) mass is 490 g/mol. The topological polar surface area (TPSA) is 64.2 Å². The first kappa shape index (κ1) is 27.5. The molecule has 0 amide bonds. The molecule has 0 saturated carbocycles. The van der Waals surface area contributed by atoms with E-state index < -0.39 is 6.10 Å². The van der Waals surface area contributed by atoms with Crippen LogP contribution in [0.4, 0.5) is 0 Å². The first-order valence-electron chi connectivity index (χ1n) is 13.3. The van der Waals surface area contributed by atoms with Gasteiger partial charge in [0.1, 0.15) is 11.5 Å². The highest BCUT2D eigenvalue weighted by molar-refractivity contribution is 5.83. The van der Waals surface area contributed by atoms with Crippen LogP contribution >= 0.6 is 0 Å². The van der Waals surface area contributed by atoms with Crippen LogP contribution in [0.2, 0.25) is 0 Å². The minimum absolute atomic E-state index is 0.155. The molecule has 5 heteroatoms. The van der Waals surface area contributed by atoms with E-state index in [4.69, 9.17) is 9.47 Å². The number of ketones is 1. The molecular weight excluding hydrogens is 448 g/mol. The Labute approximate surface area is 216 Å². The molecule has 0 radical (unpaired) electrons. The van der Waals surface area contributed by atoms with Crippen LogP contribution in [0, 0.1) is 6.92 Å². The second-order valence-electron chi connectivity index (χ2n) is 9.83. The average Bonchev–Trinajstić information content (AvgIpc) is 3.35. The van der Waals surface area contributed by atoms with Gasteiger partial charge in [-0.2, -0.15) is 0 Å². The van der Waals surface area contributed by atoms with Gasteiger partial charge in [-0.3, -0.25) is 4.79 Å². The minimum atomic E-state index is -0.434. The van der Waals surface area contributed by atoms with Crippen molar-refractivity contribution in [3.63, 3.8) is 0 Å². The minimum Gasteiger partial charge on any atom is -0.496 e. The first-order valence-corrected chi connectivity index (χ1v) is 13.3. The number of aryl methyl sites for hydroxylation is 1. The third-order valence-electron chi connectivity index (χ3n) is 6.98. The van der Waals surface area contributed by atoms with Gasteiger partial charge < -0.3 is 14.5 Å². The SMILES string of the molecule is CCCCC(=O)C(C)Oc1ccc(/C(OC)=C(\C)CCC(CCC)c2ccc3nc[nH]c3c2)cc1C. The molecule has 0 aliphatic heterocycles. The molecular formula is C31H42N2O3. The van der Waals surface area contributed by atoms with Crippen molar-refractivity contribution in [2.75, 3.05) is 7.11 Å². The summed E-state index contributed by atoms with van der Waals surface area (Å²) in [6.45, 7) is 10.4. The Morgan fingerprint density at radius 3 is 2.56 bits per heavy atom. The smallest absolute Gasteiger partial charge is 0.172 e. The Balaban J connectivity index is 1.72. The van der Waals surface area contributed by atoms with Crippen LogP contribution in [-0.2, 0) is 9.53 Å². The number of nitrogens with zero attached hydrogens (tertiary/aromatic N) is 1. The van der Waals surface area contributed by atoms with Crippen molar-refractivity contribution in [2.24, 2.45) is 0 Å². The molecule has 2 unspecified atom stereocenters. The molecule has 0 saturated heterocycles. The molecule has 2 aromatic carbocycles. The van der Waals surface area contributed by atoms with E-state index in [-0.39, 0.29) is 5.78 Å². The molecule has 1 N–H and O–H groups in total. The molecule has 3 aromatic rings. The standard InChI is InChI=1S/C31H42N2O3/c1-7-9-11-29(34)23(5)36-30-17-15-26(18-22(30)4)31(35-6)21(3)12-13-24(10-8-2)25-14-16-27-28(19-25)33-20-32-27/h14-20,23-24H,7-13H2,1-6H3,(H,32,33)/b31-21-. The van der Waals surface area contributed by atoms with Crippen molar-refractivity contribution >= 4 is 22.6 Å². The maximum absolute atomic E-state index is 12.3. The van der Waals surface area contributed by atoms with Gasteiger partial charge >= 0.3 is 0 Å². The van der Waals surface area contributed by atoms with Gasteiger partial charge in [0.05, 0.1) is 24.5 Å². The van der Waals surface area contributed by atoms with Crippen molar-refractivity contribution in [1.82, 2.24) is 9.97 Å². The number of rotatable bonds is 14. The Hall–Kier alpha value is -3.08. The van der Waals surface area contributed by atoms with E-state index in [1.54, 1.807) is 13.4 Å². The van der Waals surface area contributed by atoms with Crippen LogP contribution in [0.5, 0.6) is 5.75 Å². The number of aromatic amines is 1. The van der Waals surface area contributed by atoms with Crippen molar-refractivity contribution in [3.05, 3.63) is 65.0 Å². The highest BCUT2D eigenvalue weighted by atomic mass is 16.5. The van der Waals surface area contributed by atoms with E-state index in [0.29, 0.717) is 12.3 Å². The number of imidazole rings is 1. The molecule has 0 bridgehead atoms. The summed E-state index contributed by atoms with van der Waals surface area (Å²) in [7, 11) is 1.74. The number of Topliss-reactive ketones (excluding diaryl/α,β-unsaturated/α-hetero) is 1. The first-order chi connectivity index (χ1) is 17.4. The summed E-state index contributed by atoms with van der Waals surface area (Å²) in [5.41, 5.74) is 6.74. The molecule has 2 atom stereocenters. The van der Waals surface area contributed by atoms with Crippen LogP contribution in [0.15, 0.2) is 48.3 Å². The molecule has 1 aromatic heterocycles. The van der Waals surface area contributed by atoms with Gasteiger partial charge in [-0.25, -0.2) is 4.98 Å². The normalized spacial score (nSPS) is 13.8. The van der Waals surface area contributed by atoms with Crippen LogP contribution in [0.3, 0.4) is 0 Å². The number of ether oxygens (including phenoxy) is 2. The van der Waals surface area contributed by atoms with Crippen LogP contribution < -0.4 is 4.74 Å². The van der Waals surface area contributed by atoms with Gasteiger partial charge in [-0.1, -0.05) is 32.8 Å². The van der Waals surface area contributed by atoms with E-state index in [2.05, 4.69) is 55.0 Å². The predicted molar refractivity (Wildman–Crippen MR) is 148 cm³/mol. The lowest BCUT2D eigenvalue weighted by molar-refractivity contribution is -0.125. The van der Waals surface area contributed by atoms with Gasteiger partial charge in [-0.15, -0.1) is 0 Å². The van der Waals surface area contributed by atoms with Gasteiger partial charge in [0.15, 0.2) is 11.9 Å². The number of methoxy groups -OCH3 is 1. The van der Waals surface area contributed by atoms with Gasteiger partial charge in [-0.05, 0) is 99.4 Å². The maximum Gasteiger partial charge on any atom is 0.172 e. The predicted octanol–water partition coefficient (Wildman–Crippen LogP) is 8.14. The summed E-state index contributed by atoms with van der Waals surface area (Å²) >= 11 is 0. The number of fused-ring (bicyclic) bond motifs is 1. The summed E-state index contributed by atoms with van der Waals surface area (Å²) < 4.78 is 11.9. The number of hydrogen-bond donors (Lipinski definition) is 1. The van der Waals surface area contributed by atoms with Gasteiger partial charge in [0, 0.05) is 12.0 Å². The lowest BCUT2D eigenvalue weighted by atomic mass is 9.88. The third-order valence-corrected chi connectivity index (χ3v) is 6.98. The average molecular weight is 491 g/mol.